The topological polar surface area (TPSA) is 121 Å². The zero-order valence-corrected chi connectivity index (χ0v) is 15.1. The number of carboxylic acid groups (broad SMARTS) is 1. The Labute approximate surface area is 160 Å². The molecule has 0 saturated heterocycles. The van der Waals surface area contributed by atoms with E-state index < -0.39 is 12.1 Å². The summed E-state index contributed by atoms with van der Waals surface area (Å²) in [6.07, 6.45) is -1.71. The summed E-state index contributed by atoms with van der Waals surface area (Å²) in [5.74, 6) is -1.65. The lowest BCUT2D eigenvalue weighted by Crippen LogP contribution is -2.22. The number of carboxylic acids is 1. The molecule has 28 heavy (non-hydrogen) atoms. The first-order valence-corrected chi connectivity index (χ1v) is 8.45. The lowest BCUT2D eigenvalue weighted by atomic mass is 10.2. The third-order valence-corrected chi connectivity index (χ3v) is 4.09. The summed E-state index contributed by atoms with van der Waals surface area (Å²) >= 11 is 1.47. The SMILES string of the molecule is Cc1ccc(C(=O)NCc2nc(-c3ccncc3)n[nH]2)s1.O=C(O)C(F)(F)F. The average molecular weight is 413 g/mol. The van der Waals surface area contributed by atoms with Gasteiger partial charge in [-0.15, -0.1) is 11.3 Å². The number of hydrogen-bond acceptors (Lipinski definition) is 6. The monoisotopic (exact) mass is 413 g/mol. The lowest BCUT2D eigenvalue weighted by molar-refractivity contribution is -0.192. The predicted octanol–water partition coefficient (Wildman–Crippen LogP) is 2.80. The second-order valence-corrected chi connectivity index (χ2v) is 6.53. The fourth-order valence-electron chi connectivity index (χ4n) is 1.81. The largest absolute Gasteiger partial charge is 0.490 e. The van der Waals surface area contributed by atoms with E-state index in [1.165, 1.54) is 11.3 Å². The molecule has 0 bridgehead atoms. The molecule has 3 heterocycles. The Morgan fingerprint density at radius 1 is 1.21 bits per heavy atom. The van der Waals surface area contributed by atoms with Crippen molar-refractivity contribution in [2.24, 2.45) is 0 Å². The van der Waals surface area contributed by atoms with Crippen LogP contribution < -0.4 is 5.32 Å². The van der Waals surface area contributed by atoms with Crippen molar-refractivity contribution in [1.29, 1.82) is 0 Å². The van der Waals surface area contributed by atoms with Crippen molar-refractivity contribution in [1.82, 2.24) is 25.5 Å². The van der Waals surface area contributed by atoms with Crippen molar-refractivity contribution in [2.75, 3.05) is 0 Å². The first-order chi connectivity index (χ1) is 13.2. The van der Waals surface area contributed by atoms with E-state index >= 15 is 0 Å². The number of thiophene rings is 1. The maximum absolute atomic E-state index is 11.9. The third-order valence-electron chi connectivity index (χ3n) is 3.09. The van der Waals surface area contributed by atoms with Crippen LogP contribution in [-0.2, 0) is 11.3 Å². The van der Waals surface area contributed by atoms with Gasteiger partial charge in [0.15, 0.2) is 5.82 Å². The number of aryl methyl sites for hydroxylation is 1. The molecule has 148 valence electrons. The van der Waals surface area contributed by atoms with Gasteiger partial charge in [-0.1, -0.05) is 0 Å². The predicted molar refractivity (Wildman–Crippen MR) is 93.5 cm³/mol. The Kier molecular flexibility index (Phi) is 6.82. The van der Waals surface area contributed by atoms with Crippen LogP contribution in [0.4, 0.5) is 13.2 Å². The van der Waals surface area contributed by atoms with Gasteiger partial charge in [0.25, 0.3) is 5.91 Å². The van der Waals surface area contributed by atoms with Gasteiger partial charge >= 0.3 is 12.1 Å². The van der Waals surface area contributed by atoms with Gasteiger partial charge in [0.2, 0.25) is 0 Å². The summed E-state index contributed by atoms with van der Waals surface area (Å²) in [4.78, 5) is 30.9. The molecule has 0 saturated carbocycles. The molecule has 0 spiro atoms. The summed E-state index contributed by atoms with van der Waals surface area (Å²) in [7, 11) is 0. The number of carbonyl (C=O) groups is 2. The van der Waals surface area contributed by atoms with Gasteiger partial charge in [-0.2, -0.15) is 18.3 Å². The summed E-state index contributed by atoms with van der Waals surface area (Å²) < 4.78 is 31.7. The number of nitrogens with one attached hydrogen (secondary N) is 2. The molecule has 3 aromatic heterocycles. The lowest BCUT2D eigenvalue weighted by Gasteiger charge is -1.99. The highest BCUT2D eigenvalue weighted by Gasteiger charge is 2.38. The van der Waals surface area contributed by atoms with Crippen molar-refractivity contribution < 1.29 is 27.9 Å². The molecule has 0 aliphatic rings. The molecular weight excluding hydrogens is 399 g/mol. The van der Waals surface area contributed by atoms with E-state index in [-0.39, 0.29) is 5.91 Å². The summed E-state index contributed by atoms with van der Waals surface area (Å²) in [6.45, 7) is 2.28. The second-order valence-electron chi connectivity index (χ2n) is 5.24. The molecule has 0 fully saturated rings. The van der Waals surface area contributed by atoms with E-state index in [0.717, 1.165) is 10.4 Å². The molecule has 3 aromatic rings. The number of alkyl halides is 3. The number of carbonyl (C=O) groups excluding carboxylic acids is 1. The normalized spacial score (nSPS) is 10.7. The van der Waals surface area contributed by atoms with Gasteiger partial charge < -0.3 is 10.4 Å². The van der Waals surface area contributed by atoms with E-state index in [0.29, 0.717) is 23.1 Å². The van der Waals surface area contributed by atoms with Gasteiger partial charge in [0, 0.05) is 22.8 Å². The number of halogens is 3. The molecule has 3 rings (SSSR count). The molecule has 0 radical (unpaired) electrons. The zero-order chi connectivity index (χ0) is 20.7. The van der Waals surface area contributed by atoms with Crippen LogP contribution in [0.1, 0.15) is 20.4 Å². The van der Waals surface area contributed by atoms with Crippen LogP contribution in [-0.4, -0.2) is 43.3 Å². The minimum absolute atomic E-state index is 0.102. The molecule has 0 aliphatic heterocycles. The molecule has 12 heteroatoms. The Balaban J connectivity index is 0.000000345. The van der Waals surface area contributed by atoms with Crippen molar-refractivity contribution in [2.45, 2.75) is 19.6 Å². The van der Waals surface area contributed by atoms with E-state index in [9.17, 15) is 18.0 Å². The van der Waals surface area contributed by atoms with E-state index in [2.05, 4.69) is 25.5 Å². The summed E-state index contributed by atoms with van der Waals surface area (Å²) in [5, 5.41) is 16.9. The van der Waals surface area contributed by atoms with Gasteiger partial charge in [-0.3, -0.25) is 14.9 Å². The van der Waals surface area contributed by atoms with Crippen LogP contribution in [0, 0.1) is 6.92 Å². The van der Waals surface area contributed by atoms with Crippen LogP contribution in [0.3, 0.4) is 0 Å². The highest BCUT2D eigenvalue weighted by molar-refractivity contribution is 7.13. The highest BCUT2D eigenvalue weighted by atomic mass is 32.1. The van der Waals surface area contributed by atoms with E-state index in [1.54, 1.807) is 12.4 Å². The fraction of sp³-hybridized carbons (Fsp3) is 0.188. The van der Waals surface area contributed by atoms with Crippen molar-refractivity contribution in [3.05, 3.63) is 52.2 Å². The van der Waals surface area contributed by atoms with Crippen LogP contribution in [0.15, 0.2) is 36.7 Å². The maximum Gasteiger partial charge on any atom is 0.490 e. The maximum atomic E-state index is 11.9. The van der Waals surface area contributed by atoms with Crippen molar-refractivity contribution >= 4 is 23.2 Å². The number of nitrogens with zero attached hydrogens (tertiary/aromatic N) is 3. The van der Waals surface area contributed by atoms with Crippen LogP contribution in [0.25, 0.3) is 11.4 Å². The van der Waals surface area contributed by atoms with Gasteiger partial charge in [-0.25, -0.2) is 9.78 Å². The zero-order valence-electron chi connectivity index (χ0n) is 14.3. The number of pyridine rings is 1. The van der Waals surface area contributed by atoms with Crippen LogP contribution in [0.5, 0.6) is 0 Å². The molecule has 3 N–H and O–H groups in total. The minimum Gasteiger partial charge on any atom is -0.475 e. The third kappa shape index (κ3) is 6.16. The molecule has 0 unspecified atom stereocenters. The number of aromatic nitrogens is 4. The van der Waals surface area contributed by atoms with Gasteiger partial charge in [0.1, 0.15) is 5.82 Å². The molecular formula is C16H14F3N5O3S. The molecule has 0 aromatic carbocycles. The Morgan fingerprint density at radius 2 is 1.86 bits per heavy atom. The summed E-state index contributed by atoms with van der Waals surface area (Å²) in [5.41, 5.74) is 0.882. The van der Waals surface area contributed by atoms with Crippen molar-refractivity contribution in [3.63, 3.8) is 0 Å². The molecule has 0 aliphatic carbocycles. The van der Waals surface area contributed by atoms with Crippen LogP contribution >= 0.6 is 11.3 Å². The number of hydrogen-bond donors (Lipinski definition) is 3. The molecule has 1 amide bonds. The standard InChI is InChI=1S/C14H13N5OS.C2HF3O2/c1-9-2-3-11(21-9)14(20)16-8-12-17-13(19-18-12)10-4-6-15-7-5-10;3-2(4,5)1(6)7/h2-7H,8H2,1H3,(H,16,20)(H,17,18,19);(H,6,7). The molecule has 0 atom stereocenters. The average Bonchev–Trinajstić information content (AvgIpc) is 3.29. The number of aromatic amines is 1. The Bertz CT molecular complexity index is 940. The Hall–Kier alpha value is -3.28. The van der Waals surface area contributed by atoms with Gasteiger partial charge in [-0.05, 0) is 31.2 Å². The Morgan fingerprint density at radius 3 is 2.39 bits per heavy atom. The quantitative estimate of drug-likeness (QED) is 0.605. The molecule has 8 nitrogen and oxygen atoms in total. The smallest absolute Gasteiger partial charge is 0.475 e. The number of H-pyrrole nitrogens is 1. The van der Waals surface area contributed by atoms with Crippen molar-refractivity contribution in [3.8, 4) is 11.4 Å². The van der Waals surface area contributed by atoms with Gasteiger partial charge in [0.05, 0.1) is 11.4 Å². The first kappa shape index (κ1) is 21.0. The second kappa shape index (κ2) is 9.08. The van der Waals surface area contributed by atoms with Crippen LogP contribution in [0.2, 0.25) is 0 Å². The summed E-state index contributed by atoms with van der Waals surface area (Å²) in [6, 6.07) is 7.41. The number of aliphatic carboxylic acids is 1. The highest BCUT2D eigenvalue weighted by Crippen LogP contribution is 2.15. The number of rotatable bonds is 4. The van der Waals surface area contributed by atoms with E-state index in [4.69, 9.17) is 9.90 Å². The fourth-order valence-corrected chi connectivity index (χ4v) is 2.60. The van der Waals surface area contributed by atoms with E-state index in [1.807, 2.05) is 31.2 Å². The first-order valence-electron chi connectivity index (χ1n) is 7.63. The minimum atomic E-state index is -5.08. The number of amides is 1.